The van der Waals surface area contributed by atoms with Crippen LogP contribution >= 0.6 is 0 Å². The number of carboxylic acids is 1. The van der Waals surface area contributed by atoms with Gasteiger partial charge in [-0.1, -0.05) is 0 Å². The molecule has 1 rings (SSSR count). The Kier molecular flexibility index (Phi) is 3.12. The monoisotopic (exact) mass is 211 g/mol. The zero-order chi connectivity index (χ0) is 11.4. The molecule has 0 spiro atoms. The fourth-order valence-electron chi connectivity index (χ4n) is 0.935. The van der Waals surface area contributed by atoms with Crippen LogP contribution in [0.4, 0.5) is 10.5 Å². The first-order chi connectivity index (χ1) is 7.04. The minimum Gasteiger partial charge on any atom is -0.478 e. The normalized spacial score (nSPS) is 9.40. The molecule has 3 N–H and O–H groups in total. The van der Waals surface area contributed by atoms with E-state index in [-0.39, 0.29) is 17.0 Å². The fourth-order valence-corrected chi connectivity index (χ4v) is 0.935. The predicted molar refractivity (Wildman–Crippen MR) is 50.8 cm³/mol. The Balaban J connectivity index is 3.06. The first-order valence-corrected chi connectivity index (χ1v) is 3.93. The second-order valence-corrected chi connectivity index (χ2v) is 2.62. The molecule has 0 atom stereocenters. The van der Waals surface area contributed by atoms with Gasteiger partial charge in [0.25, 0.3) is 0 Å². The maximum atomic E-state index is 10.8. The molecule has 1 aromatic rings. The third kappa shape index (κ3) is 2.60. The highest BCUT2D eigenvalue weighted by molar-refractivity contribution is 5.92. The van der Waals surface area contributed by atoms with Gasteiger partial charge in [-0.3, -0.25) is 0 Å². The number of nitrogen functional groups attached to an aromatic ring is 1. The van der Waals surface area contributed by atoms with Crippen LogP contribution in [0.15, 0.2) is 18.2 Å². The number of ether oxygens (including phenoxy) is 2. The molecule has 15 heavy (non-hydrogen) atoms. The molecular formula is C9H9NO5. The molecule has 6 nitrogen and oxygen atoms in total. The Morgan fingerprint density at radius 1 is 1.40 bits per heavy atom. The third-order valence-corrected chi connectivity index (χ3v) is 1.59. The van der Waals surface area contributed by atoms with Crippen LogP contribution in [-0.2, 0) is 4.74 Å². The lowest BCUT2D eigenvalue weighted by molar-refractivity contribution is 0.0692. The fraction of sp³-hybridized carbons (Fsp3) is 0.111. The first-order valence-electron chi connectivity index (χ1n) is 3.93. The Labute approximate surface area is 85.2 Å². The molecule has 0 heterocycles. The standard InChI is InChI=1S/C9H9NO5/c1-14-9(13)15-7-3-2-5(10)4-6(7)8(11)12/h2-4H,10H2,1H3,(H,11,12). The predicted octanol–water partition coefficient (Wildman–Crippen LogP) is 1.11. The molecule has 0 amide bonds. The number of benzene rings is 1. The van der Waals surface area contributed by atoms with E-state index < -0.39 is 12.1 Å². The Morgan fingerprint density at radius 2 is 2.07 bits per heavy atom. The SMILES string of the molecule is COC(=O)Oc1ccc(N)cc1C(=O)O. The smallest absolute Gasteiger partial charge is 0.478 e. The van der Waals surface area contributed by atoms with Crippen molar-refractivity contribution in [1.29, 1.82) is 0 Å². The molecule has 0 fully saturated rings. The highest BCUT2D eigenvalue weighted by Gasteiger charge is 2.14. The van der Waals surface area contributed by atoms with Crippen molar-refractivity contribution < 1.29 is 24.2 Å². The van der Waals surface area contributed by atoms with Gasteiger partial charge in [-0.25, -0.2) is 9.59 Å². The lowest BCUT2D eigenvalue weighted by Gasteiger charge is -2.06. The number of anilines is 1. The van der Waals surface area contributed by atoms with Crippen molar-refractivity contribution in [3.63, 3.8) is 0 Å². The van der Waals surface area contributed by atoms with Gasteiger partial charge in [-0.2, -0.15) is 0 Å². The van der Waals surface area contributed by atoms with E-state index in [2.05, 4.69) is 9.47 Å². The topological polar surface area (TPSA) is 98.9 Å². The van der Waals surface area contributed by atoms with Crippen LogP contribution in [0.1, 0.15) is 10.4 Å². The van der Waals surface area contributed by atoms with Crippen molar-refractivity contribution in [3.05, 3.63) is 23.8 Å². The summed E-state index contributed by atoms with van der Waals surface area (Å²) in [7, 11) is 1.13. The van der Waals surface area contributed by atoms with E-state index in [4.69, 9.17) is 10.8 Å². The van der Waals surface area contributed by atoms with Crippen LogP contribution < -0.4 is 10.5 Å². The number of hydrogen-bond acceptors (Lipinski definition) is 5. The molecule has 0 unspecified atom stereocenters. The lowest BCUT2D eigenvalue weighted by atomic mass is 10.2. The molecule has 0 aromatic heterocycles. The van der Waals surface area contributed by atoms with Gasteiger partial charge in [0.15, 0.2) is 0 Å². The zero-order valence-electron chi connectivity index (χ0n) is 7.89. The minimum absolute atomic E-state index is 0.108. The van der Waals surface area contributed by atoms with E-state index in [9.17, 15) is 9.59 Å². The van der Waals surface area contributed by atoms with Gasteiger partial charge in [0, 0.05) is 5.69 Å². The molecular weight excluding hydrogens is 202 g/mol. The maximum absolute atomic E-state index is 10.8. The summed E-state index contributed by atoms with van der Waals surface area (Å²) in [6, 6.07) is 3.90. The second kappa shape index (κ2) is 4.32. The number of carbonyl (C=O) groups excluding carboxylic acids is 1. The number of aromatic carboxylic acids is 1. The quantitative estimate of drug-likeness (QED) is 0.432. The van der Waals surface area contributed by atoms with E-state index in [1.807, 2.05) is 0 Å². The minimum atomic E-state index is -1.23. The van der Waals surface area contributed by atoms with Crippen LogP contribution in [0.5, 0.6) is 5.75 Å². The molecule has 0 bridgehead atoms. The molecule has 0 aliphatic rings. The summed E-state index contributed by atoms with van der Waals surface area (Å²) in [6.07, 6.45) is -0.984. The number of carbonyl (C=O) groups is 2. The maximum Gasteiger partial charge on any atom is 0.513 e. The molecule has 0 radical (unpaired) electrons. The highest BCUT2D eigenvalue weighted by atomic mass is 16.7. The summed E-state index contributed by atoms with van der Waals surface area (Å²) >= 11 is 0. The molecule has 1 aromatic carbocycles. The van der Waals surface area contributed by atoms with E-state index in [1.165, 1.54) is 18.2 Å². The third-order valence-electron chi connectivity index (χ3n) is 1.59. The van der Waals surface area contributed by atoms with Crippen molar-refractivity contribution in [2.24, 2.45) is 0 Å². The van der Waals surface area contributed by atoms with E-state index in [0.717, 1.165) is 7.11 Å². The number of carboxylic acid groups (broad SMARTS) is 1. The molecule has 0 aliphatic carbocycles. The van der Waals surface area contributed by atoms with Crippen LogP contribution in [0.25, 0.3) is 0 Å². The van der Waals surface area contributed by atoms with Gasteiger partial charge >= 0.3 is 12.1 Å². The van der Waals surface area contributed by atoms with Crippen molar-refractivity contribution in [2.75, 3.05) is 12.8 Å². The van der Waals surface area contributed by atoms with E-state index in [1.54, 1.807) is 0 Å². The number of methoxy groups -OCH3 is 1. The molecule has 6 heteroatoms. The Hall–Kier alpha value is -2.24. The summed E-state index contributed by atoms with van der Waals surface area (Å²) in [5.41, 5.74) is 5.47. The zero-order valence-corrected chi connectivity index (χ0v) is 7.89. The average molecular weight is 211 g/mol. The Bertz CT molecular complexity index is 401. The molecule has 80 valence electrons. The van der Waals surface area contributed by atoms with Gasteiger partial charge in [0.2, 0.25) is 0 Å². The van der Waals surface area contributed by atoms with Crippen LogP contribution in [-0.4, -0.2) is 24.3 Å². The van der Waals surface area contributed by atoms with Crippen LogP contribution in [0.2, 0.25) is 0 Å². The summed E-state index contributed by atoms with van der Waals surface area (Å²) in [4.78, 5) is 21.5. The van der Waals surface area contributed by atoms with Gasteiger partial charge in [-0.05, 0) is 18.2 Å². The summed E-state index contributed by atoms with van der Waals surface area (Å²) in [6.45, 7) is 0. The molecule has 0 saturated heterocycles. The summed E-state index contributed by atoms with van der Waals surface area (Å²) in [5, 5.41) is 8.79. The number of rotatable bonds is 2. The molecule has 0 aliphatic heterocycles. The van der Waals surface area contributed by atoms with Crippen LogP contribution in [0, 0.1) is 0 Å². The largest absolute Gasteiger partial charge is 0.513 e. The average Bonchev–Trinajstić information content (AvgIpc) is 2.20. The summed E-state index contributed by atoms with van der Waals surface area (Å²) < 4.78 is 8.85. The van der Waals surface area contributed by atoms with Crippen molar-refractivity contribution in [2.45, 2.75) is 0 Å². The van der Waals surface area contributed by atoms with E-state index >= 15 is 0 Å². The summed E-state index contributed by atoms with van der Waals surface area (Å²) in [5.74, 6) is -1.34. The van der Waals surface area contributed by atoms with Gasteiger partial charge in [0.05, 0.1) is 7.11 Å². The van der Waals surface area contributed by atoms with Gasteiger partial charge < -0.3 is 20.3 Å². The van der Waals surface area contributed by atoms with Crippen molar-refractivity contribution in [1.82, 2.24) is 0 Å². The van der Waals surface area contributed by atoms with Crippen molar-refractivity contribution >= 4 is 17.8 Å². The van der Waals surface area contributed by atoms with Crippen molar-refractivity contribution in [3.8, 4) is 5.75 Å². The second-order valence-electron chi connectivity index (χ2n) is 2.62. The first kappa shape index (κ1) is 10.8. The highest BCUT2D eigenvalue weighted by Crippen LogP contribution is 2.21. The van der Waals surface area contributed by atoms with E-state index in [0.29, 0.717) is 0 Å². The Morgan fingerprint density at radius 3 is 2.60 bits per heavy atom. The van der Waals surface area contributed by atoms with Crippen LogP contribution in [0.3, 0.4) is 0 Å². The number of hydrogen-bond donors (Lipinski definition) is 2. The van der Waals surface area contributed by atoms with Gasteiger partial charge in [0.1, 0.15) is 11.3 Å². The van der Waals surface area contributed by atoms with Gasteiger partial charge in [-0.15, -0.1) is 0 Å². The molecule has 0 saturated carbocycles. The number of nitrogens with two attached hydrogens (primary N) is 1. The lowest BCUT2D eigenvalue weighted by Crippen LogP contribution is -2.11.